The fourth-order valence-electron chi connectivity index (χ4n) is 1.25. The lowest BCUT2D eigenvalue weighted by atomic mass is 10.1. The lowest BCUT2D eigenvalue weighted by Crippen LogP contribution is -2.47. The van der Waals surface area contributed by atoms with E-state index in [-0.39, 0.29) is 5.97 Å². The Balaban J connectivity index is 0. The van der Waals surface area contributed by atoms with Gasteiger partial charge in [0, 0.05) is 6.08 Å². The van der Waals surface area contributed by atoms with Crippen molar-refractivity contribution < 1.29 is 27.3 Å². The molecule has 0 aliphatic carbocycles. The molecule has 0 aromatic heterocycles. The Bertz CT molecular complexity index is 482. The minimum Gasteiger partial charge on any atom is -0.463 e. The van der Waals surface area contributed by atoms with E-state index in [4.69, 9.17) is 4.55 Å². The SMILES string of the molecule is C=CC(=O)NC(C)(C)CS(=O)(=O)O.C=CC(=O)OCCCC. The summed E-state index contributed by atoms with van der Waals surface area (Å²) in [6, 6.07) is 0. The van der Waals surface area contributed by atoms with E-state index in [0.717, 1.165) is 18.9 Å². The van der Waals surface area contributed by atoms with E-state index in [0.29, 0.717) is 6.61 Å². The Kier molecular flexibility index (Phi) is 11.3. The fraction of sp³-hybridized carbons (Fsp3) is 0.571. The lowest BCUT2D eigenvalue weighted by molar-refractivity contribution is -0.137. The molecule has 0 fully saturated rings. The van der Waals surface area contributed by atoms with Gasteiger partial charge in [0.2, 0.25) is 5.91 Å². The largest absolute Gasteiger partial charge is 0.463 e. The van der Waals surface area contributed by atoms with E-state index in [9.17, 15) is 18.0 Å². The number of hydrogen-bond donors (Lipinski definition) is 2. The number of ether oxygens (including phenoxy) is 1. The summed E-state index contributed by atoms with van der Waals surface area (Å²) >= 11 is 0. The van der Waals surface area contributed by atoms with E-state index in [1.54, 1.807) is 0 Å². The van der Waals surface area contributed by atoms with Crippen LogP contribution in [0.15, 0.2) is 25.3 Å². The predicted octanol–water partition coefficient (Wildman–Crippen LogP) is 1.47. The molecular weight excluding hydrogens is 310 g/mol. The van der Waals surface area contributed by atoms with Crippen molar-refractivity contribution in [3.8, 4) is 0 Å². The van der Waals surface area contributed by atoms with Gasteiger partial charge in [-0.15, -0.1) is 0 Å². The van der Waals surface area contributed by atoms with Crippen molar-refractivity contribution in [3.05, 3.63) is 25.3 Å². The first-order chi connectivity index (χ1) is 9.97. The van der Waals surface area contributed by atoms with Crippen molar-refractivity contribution in [2.24, 2.45) is 0 Å². The smallest absolute Gasteiger partial charge is 0.330 e. The number of hydrogen-bond acceptors (Lipinski definition) is 5. The summed E-state index contributed by atoms with van der Waals surface area (Å²) in [6.45, 7) is 12.0. The number of nitrogens with one attached hydrogen (secondary N) is 1. The zero-order valence-electron chi connectivity index (χ0n) is 13.3. The molecule has 0 atom stereocenters. The molecule has 0 rings (SSSR count). The molecule has 0 unspecified atom stereocenters. The average molecular weight is 335 g/mol. The molecule has 2 N–H and O–H groups in total. The van der Waals surface area contributed by atoms with Crippen molar-refractivity contribution in [1.82, 2.24) is 5.32 Å². The molecule has 0 saturated carbocycles. The highest BCUT2D eigenvalue weighted by atomic mass is 32.2. The van der Waals surface area contributed by atoms with Gasteiger partial charge in [-0.3, -0.25) is 9.35 Å². The van der Waals surface area contributed by atoms with Crippen LogP contribution in [0.2, 0.25) is 0 Å². The molecule has 0 bridgehead atoms. The van der Waals surface area contributed by atoms with Gasteiger partial charge in [-0.05, 0) is 26.3 Å². The summed E-state index contributed by atoms with van der Waals surface area (Å²) in [7, 11) is -4.08. The van der Waals surface area contributed by atoms with Crippen LogP contribution in [0.4, 0.5) is 0 Å². The lowest BCUT2D eigenvalue weighted by Gasteiger charge is -2.23. The monoisotopic (exact) mass is 335 g/mol. The van der Waals surface area contributed by atoms with Gasteiger partial charge in [0.15, 0.2) is 0 Å². The Morgan fingerprint density at radius 2 is 1.82 bits per heavy atom. The van der Waals surface area contributed by atoms with Crippen LogP contribution in [0.3, 0.4) is 0 Å². The number of esters is 1. The molecule has 22 heavy (non-hydrogen) atoms. The minimum atomic E-state index is -4.08. The second kappa shape index (κ2) is 11.0. The van der Waals surface area contributed by atoms with Gasteiger partial charge >= 0.3 is 5.97 Å². The van der Waals surface area contributed by atoms with Crippen molar-refractivity contribution in [2.75, 3.05) is 12.4 Å². The molecule has 0 heterocycles. The summed E-state index contributed by atoms with van der Waals surface area (Å²) in [5, 5.41) is 2.37. The quantitative estimate of drug-likeness (QED) is 0.301. The highest BCUT2D eigenvalue weighted by Gasteiger charge is 2.25. The second-order valence-corrected chi connectivity index (χ2v) is 6.48. The zero-order valence-corrected chi connectivity index (χ0v) is 14.1. The number of unbranched alkanes of at least 4 members (excludes halogenated alkanes) is 1. The summed E-state index contributed by atoms with van der Waals surface area (Å²) in [5.74, 6) is -1.34. The molecule has 0 aromatic carbocycles. The molecule has 0 aliphatic rings. The van der Waals surface area contributed by atoms with E-state index >= 15 is 0 Å². The van der Waals surface area contributed by atoms with Crippen LogP contribution in [-0.2, 0) is 24.4 Å². The van der Waals surface area contributed by atoms with Gasteiger partial charge in [-0.25, -0.2) is 4.79 Å². The fourth-order valence-corrected chi connectivity index (χ4v) is 2.24. The van der Waals surface area contributed by atoms with Crippen molar-refractivity contribution in [1.29, 1.82) is 0 Å². The first kappa shape index (κ1) is 22.6. The van der Waals surface area contributed by atoms with Gasteiger partial charge in [0.25, 0.3) is 10.1 Å². The third-order valence-corrected chi connectivity index (χ3v) is 3.19. The molecule has 0 saturated heterocycles. The first-order valence-corrected chi connectivity index (χ1v) is 8.27. The van der Waals surface area contributed by atoms with Gasteiger partial charge in [-0.1, -0.05) is 26.5 Å². The van der Waals surface area contributed by atoms with Gasteiger partial charge in [0.05, 0.1) is 17.9 Å². The molecule has 0 spiro atoms. The molecule has 128 valence electrons. The number of carbonyl (C=O) groups is 2. The molecule has 8 heteroatoms. The minimum absolute atomic E-state index is 0.330. The van der Waals surface area contributed by atoms with Crippen molar-refractivity contribution in [3.63, 3.8) is 0 Å². The van der Waals surface area contributed by atoms with Crippen molar-refractivity contribution in [2.45, 2.75) is 39.2 Å². The van der Waals surface area contributed by atoms with Crippen LogP contribution >= 0.6 is 0 Å². The zero-order chi connectivity index (χ0) is 17.8. The standard InChI is InChI=1S/C7H13NO4S.C7H12O2/c1-4-6(9)8-7(2,3)5-13(10,11)12;1-3-5-6-9-7(8)4-2/h4H,1,5H2,2-3H3,(H,8,9)(H,10,11,12);4H,2-3,5-6H2,1H3. The molecular formula is C14H25NO6S. The predicted molar refractivity (Wildman–Crippen MR) is 84.9 cm³/mol. The van der Waals surface area contributed by atoms with E-state index in [1.165, 1.54) is 19.9 Å². The summed E-state index contributed by atoms with van der Waals surface area (Å²) in [6.07, 6.45) is 4.19. The topological polar surface area (TPSA) is 110 Å². The maximum absolute atomic E-state index is 10.8. The third kappa shape index (κ3) is 16.4. The van der Waals surface area contributed by atoms with Crippen LogP contribution in [0.25, 0.3) is 0 Å². The first-order valence-electron chi connectivity index (χ1n) is 6.66. The highest BCUT2D eigenvalue weighted by Crippen LogP contribution is 2.05. The van der Waals surface area contributed by atoms with Crippen LogP contribution < -0.4 is 5.32 Å². The van der Waals surface area contributed by atoms with Crippen LogP contribution in [0.5, 0.6) is 0 Å². The Morgan fingerprint density at radius 3 is 2.18 bits per heavy atom. The van der Waals surface area contributed by atoms with E-state index in [2.05, 4.69) is 23.2 Å². The number of carbonyl (C=O) groups excluding carboxylic acids is 2. The van der Waals surface area contributed by atoms with Crippen LogP contribution in [-0.4, -0.2) is 42.7 Å². The summed E-state index contributed by atoms with van der Waals surface area (Å²) in [4.78, 5) is 21.2. The summed E-state index contributed by atoms with van der Waals surface area (Å²) < 4.78 is 34.2. The third-order valence-electron chi connectivity index (χ3n) is 2.10. The number of amides is 1. The Hall–Kier alpha value is -1.67. The number of rotatable bonds is 8. The van der Waals surface area contributed by atoms with Gasteiger partial charge in [-0.2, -0.15) is 8.42 Å². The second-order valence-electron chi connectivity index (χ2n) is 5.03. The van der Waals surface area contributed by atoms with E-state index in [1.807, 2.05) is 6.92 Å². The molecule has 0 aromatic rings. The molecule has 0 radical (unpaired) electrons. The van der Waals surface area contributed by atoms with Crippen LogP contribution in [0.1, 0.15) is 33.6 Å². The molecule has 1 amide bonds. The van der Waals surface area contributed by atoms with E-state index < -0.39 is 27.3 Å². The van der Waals surface area contributed by atoms with Gasteiger partial charge in [0.1, 0.15) is 0 Å². The molecule has 0 aliphatic heterocycles. The highest BCUT2D eigenvalue weighted by molar-refractivity contribution is 7.85. The maximum atomic E-state index is 10.8. The van der Waals surface area contributed by atoms with Crippen molar-refractivity contribution >= 4 is 22.0 Å². The Labute approximate surface area is 132 Å². The normalized spacial score (nSPS) is 10.7. The Morgan fingerprint density at radius 1 is 1.27 bits per heavy atom. The molecule has 7 nitrogen and oxygen atoms in total. The van der Waals surface area contributed by atoms with Gasteiger partial charge < -0.3 is 10.1 Å². The maximum Gasteiger partial charge on any atom is 0.330 e. The van der Waals surface area contributed by atoms with Crippen LogP contribution in [0, 0.1) is 0 Å². The average Bonchev–Trinajstić information content (AvgIpc) is 2.35. The summed E-state index contributed by atoms with van der Waals surface area (Å²) in [5.41, 5.74) is -1.00.